The molecule has 0 spiro atoms. The maximum absolute atomic E-state index is 5.49. The van der Waals surface area contributed by atoms with Crippen molar-refractivity contribution in [1.29, 1.82) is 0 Å². The Bertz CT molecular complexity index is 402. The number of hydrogen-bond acceptors (Lipinski definition) is 5. The van der Waals surface area contributed by atoms with E-state index in [4.69, 9.17) is 4.74 Å². The molecule has 0 aromatic carbocycles. The first kappa shape index (κ1) is 14.1. The van der Waals surface area contributed by atoms with Crippen molar-refractivity contribution >= 4 is 11.6 Å². The monoisotopic (exact) mass is 264 g/mol. The van der Waals surface area contributed by atoms with E-state index in [1.807, 2.05) is 13.1 Å². The van der Waals surface area contributed by atoms with Crippen LogP contribution in [0.25, 0.3) is 0 Å². The van der Waals surface area contributed by atoms with Crippen LogP contribution < -0.4 is 10.6 Å². The molecular formula is C14H24N4O. The Hall–Kier alpha value is -1.36. The number of hydrogen-bond donors (Lipinski definition) is 2. The zero-order valence-corrected chi connectivity index (χ0v) is 12.1. The van der Waals surface area contributed by atoms with Gasteiger partial charge >= 0.3 is 0 Å². The minimum atomic E-state index is 0.326. The zero-order chi connectivity index (χ0) is 13.7. The number of rotatable bonds is 5. The van der Waals surface area contributed by atoms with Crippen LogP contribution in [0.2, 0.25) is 0 Å². The molecule has 1 aromatic heterocycles. The number of nitrogens with zero attached hydrogens (tertiary/aromatic N) is 2. The van der Waals surface area contributed by atoms with Gasteiger partial charge < -0.3 is 15.4 Å². The van der Waals surface area contributed by atoms with Crippen molar-refractivity contribution in [3.63, 3.8) is 0 Å². The highest BCUT2D eigenvalue weighted by Gasteiger charge is 2.14. The summed E-state index contributed by atoms with van der Waals surface area (Å²) in [6.45, 7) is 6.89. The molecule has 0 aliphatic carbocycles. The standard InChI is InChI=1S/C14H24N4O/c1-10(2)14-17-12(15-3)7-13(18-14)16-8-11-5-4-6-19-9-11/h7,10-11H,4-6,8-9H2,1-3H3,(H2,15,16,17,18). The average molecular weight is 264 g/mol. The predicted octanol–water partition coefficient (Wildman–Crippen LogP) is 2.48. The Balaban J connectivity index is 2.00. The molecule has 2 rings (SSSR count). The van der Waals surface area contributed by atoms with Crippen LogP contribution >= 0.6 is 0 Å². The average Bonchev–Trinajstić information content (AvgIpc) is 2.45. The van der Waals surface area contributed by atoms with Gasteiger partial charge in [-0.3, -0.25) is 0 Å². The molecule has 5 nitrogen and oxygen atoms in total. The number of anilines is 2. The summed E-state index contributed by atoms with van der Waals surface area (Å²) >= 11 is 0. The van der Waals surface area contributed by atoms with Gasteiger partial charge in [-0.15, -0.1) is 0 Å². The molecule has 1 unspecified atom stereocenters. The first-order chi connectivity index (χ1) is 9.19. The molecule has 0 bridgehead atoms. The molecule has 2 heterocycles. The molecule has 5 heteroatoms. The lowest BCUT2D eigenvalue weighted by molar-refractivity contribution is 0.0595. The fourth-order valence-corrected chi connectivity index (χ4v) is 2.16. The second kappa shape index (κ2) is 6.70. The van der Waals surface area contributed by atoms with Gasteiger partial charge in [0.1, 0.15) is 17.5 Å². The van der Waals surface area contributed by atoms with Gasteiger partial charge in [-0.2, -0.15) is 0 Å². The summed E-state index contributed by atoms with van der Waals surface area (Å²) in [6.07, 6.45) is 2.39. The molecule has 1 aromatic rings. The van der Waals surface area contributed by atoms with Gasteiger partial charge in [0, 0.05) is 32.2 Å². The van der Waals surface area contributed by atoms with E-state index >= 15 is 0 Å². The molecule has 106 valence electrons. The van der Waals surface area contributed by atoms with E-state index in [2.05, 4.69) is 34.4 Å². The van der Waals surface area contributed by atoms with Crippen LogP contribution in [0, 0.1) is 5.92 Å². The minimum absolute atomic E-state index is 0.326. The molecule has 0 saturated carbocycles. The largest absolute Gasteiger partial charge is 0.381 e. The first-order valence-electron chi connectivity index (χ1n) is 7.07. The van der Waals surface area contributed by atoms with Crippen molar-refractivity contribution in [3.8, 4) is 0 Å². The molecule has 1 atom stereocenters. The molecule has 0 amide bonds. The van der Waals surface area contributed by atoms with Crippen molar-refractivity contribution in [2.24, 2.45) is 5.92 Å². The minimum Gasteiger partial charge on any atom is -0.381 e. The smallest absolute Gasteiger partial charge is 0.135 e. The Morgan fingerprint density at radius 1 is 1.37 bits per heavy atom. The Kier molecular flexibility index (Phi) is 4.96. The third-order valence-corrected chi connectivity index (χ3v) is 3.34. The zero-order valence-electron chi connectivity index (χ0n) is 12.1. The lowest BCUT2D eigenvalue weighted by atomic mass is 10.0. The van der Waals surface area contributed by atoms with Gasteiger partial charge in [0.25, 0.3) is 0 Å². The van der Waals surface area contributed by atoms with Crippen LogP contribution in [0.4, 0.5) is 11.6 Å². The molecule has 1 aliphatic rings. The summed E-state index contributed by atoms with van der Waals surface area (Å²) in [6, 6.07) is 1.95. The normalized spacial score (nSPS) is 19.5. The van der Waals surface area contributed by atoms with Crippen molar-refractivity contribution in [2.75, 3.05) is 37.4 Å². The second-order valence-corrected chi connectivity index (χ2v) is 5.37. The molecule has 0 radical (unpaired) electrons. The Morgan fingerprint density at radius 3 is 2.79 bits per heavy atom. The number of nitrogens with one attached hydrogen (secondary N) is 2. The van der Waals surface area contributed by atoms with E-state index < -0.39 is 0 Å². The molecule has 1 fully saturated rings. The second-order valence-electron chi connectivity index (χ2n) is 5.37. The fourth-order valence-electron chi connectivity index (χ4n) is 2.16. The summed E-state index contributed by atoms with van der Waals surface area (Å²) in [4.78, 5) is 9.02. The van der Waals surface area contributed by atoms with Crippen LogP contribution in [0.5, 0.6) is 0 Å². The summed E-state index contributed by atoms with van der Waals surface area (Å²) in [5.74, 6) is 3.54. The maximum Gasteiger partial charge on any atom is 0.135 e. The van der Waals surface area contributed by atoms with Crippen LogP contribution in [-0.4, -0.2) is 36.8 Å². The van der Waals surface area contributed by atoms with Crippen molar-refractivity contribution < 1.29 is 4.74 Å². The van der Waals surface area contributed by atoms with Gasteiger partial charge in [0.15, 0.2) is 0 Å². The van der Waals surface area contributed by atoms with E-state index in [1.165, 1.54) is 6.42 Å². The Morgan fingerprint density at radius 2 is 2.16 bits per heavy atom. The summed E-state index contributed by atoms with van der Waals surface area (Å²) in [5.41, 5.74) is 0. The van der Waals surface area contributed by atoms with Crippen LogP contribution in [0.1, 0.15) is 38.4 Å². The van der Waals surface area contributed by atoms with Crippen molar-refractivity contribution in [3.05, 3.63) is 11.9 Å². The first-order valence-corrected chi connectivity index (χ1v) is 7.07. The maximum atomic E-state index is 5.49. The van der Waals surface area contributed by atoms with E-state index in [-0.39, 0.29) is 0 Å². The topological polar surface area (TPSA) is 59.1 Å². The molecule has 2 N–H and O–H groups in total. The van der Waals surface area contributed by atoms with Gasteiger partial charge in [-0.05, 0) is 18.8 Å². The van der Waals surface area contributed by atoms with Crippen LogP contribution in [0.15, 0.2) is 6.07 Å². The fraction of sp³-hybridized carbons (Fsp3) is 0.714. The summed E-state index contributed by atoms with van der Waals surface area (Å²) in [5, 5.41) is 6.50. The lowest BCUT2D eigenvalue weighted by Gasteiger charge is -2.22. The molecule has 1 saturated heterocycles. The van der Waals surface area contributed by atoms with Crippen LogP contribution in [-0.2, 0) is 4.74 Å². The van der Waals surface area contributed by atoms with Crippen molar-refractivity contribution in [2.45, 2.75) is 32.6 Å². The summed E-state index contributed by atoms with van der Waals surface area (Å²) in [7, 11) is 1.88. The van der Waals surface area contributed by atoms with E-state index in [9.17, 15) is 0 Å². The van der Waals surface area contributed by atoms with E-state index in [0.717, 1.165) is 43.6 Å². The highest BCUT2D eigenvalue weighted by molar-refractivity contribution is 5.47. The van der Waals surface area contributed by atoms with Crippen LogP contribution in [0.3, 0.4) is 0 Å². The Labute approximate surface area is 115 Å². The number of aromatic nitrogens is 2. The predicted molar refractivity (Wildman–Crippen MR) is 77.7 cm³/mol. The van der Waals surface area contributed by atoms with Gasteiger partial charge in [-0.1, -0.05) is 13.8 Å². The van der Waals surface area contributed by atoms with E-state index in [1.54, 1.807) is 0 Å². The van der Waals surface area contributed by atoms with Gasteiger partial charge in [0.2, 0.25) is 0 Å². The summed E-state index contributed by atoms with van der Waals surface area (Å²) < 4.78 is 5.49. The molecule has 1 aliphatic heterocycles. The quantitative estimate of drug-likeness (QED) is 0.855. The third kappa shape index (κ3) is 4.06. The molecule has 19 heavy (non-hydrogen) atoms. The van der Waals surface area contributed by atoms with E-state index in [0.29, 0.717) is 11.8 Å². The SMILES string of the molecule is CNc1cc(NCC2CCCOC2)nc(C(C)C)n1. The lowest BCUT2D eigenvalue weighted by Crippen LogP contribution is -2.24. The highest BCUT2D eigenvalue weighted by atomic mass is 16.5. The van der Waals surface area contributed by atoms with Gasteiger partial charge in [-0.25, -0.2) is 9.97 Å². The molecular weight excluding hydrogens is 240 g/mol. The van der Waals surface area contributed by atoms with Gasteiger partial charge in [0.05, 0.1) is 6.61 Å². The highest BCUT2D eigenvalue weighted by Crippen LogP contribution is 2.18. The number of ether oxygens (including phenoxy) is 1. The third-order valence-electron chi connectivity index (χ3n) is 3.34. The van der Waals surface area contributed by atoms with Crippen molar-refractivity contribution in [1.82, 2.24) is 9.97 Å².